The van der Waals surface area contributed by atoms with Gasteiger partial charge in [0.1, 0.15) is 17.1 Å². The number of carbonyl (C=O) groups excluding carboxylic acids is 1. The van der Waals surface area contributed by atoms with E-state index in [1.807, 2.05) is 36.5 Å². The summed E-state index contributed by atoms with van der Waals surface area (Å²) >= 11 is 3.52. The number of aromatic amines is 1. The van der Waals surface area contributed by atoms with E-state index in [0.29, 0.717) is 6.42 Å². The number of amides is 1. The lowest BCUT2D eigenvalue weighted by Crippen LogP contribution is -2.46. The molecule has 1 fully saturated rings. The van der Waals surface area contributed by atoms with Crippen LogP contribution in [0.5, 0.6) is 11.5 Å². The van der Waals surface area contributed by atoms with E-state index in [4.69, 9.17) is 10.5 Å². The lowest BCUT2D eigenvalue weighted by molar-refractivity contribution is -0.123. The van der Waals surface area contributed by atoms with Crippen molar-refractivity contribution in [3.05, 3.63) is 52.8 Å². The number of H-pyrrole nitrogens is 1. The van der Waals surface area contributed by atoms with Crippen LogP contribution >= 0.6 is 15.9 Å². The zero-order chi connectivity index (χ0) is 20.2. The lowest BCUT2D eigenvalue weighted by Gasteiger charge is -2.24. The summed E-state index contributed by atoms with van der Waals surface area (Å²) in [6.45, 7) is 0. The number of carbonyl (C=O) groups is 1. The normalized spacial score (nSPS) is 15.9. The predicted molar refractivity (Wildman–Crippen MR) is 117 cm³/mol. The maximum Gasteiger partial charge on any atom is 0.237 e. The number of nitrogens with one attached hydrogen (secondary N) is 2. The molecule has 7 heteroatoms. The number of ether oxygens (including phenoxy) is 1. The summed E-state index contributed by atoms with van der Waals surface area (Å²) < 4.78 is 6.94. The highest BCUT2D eigenvalue weighted by Gasteiger charge is 2.20. The van der Waals surface area contributed by atoms with E-state index in [0.717, 1.165) is 45.4 Å². The number of halogens is 1. The number of nitrogens with two attached hydrogens (primary N) is 1. The number of nitrogens with zero attached hydrogens (tertiary/aromatic N) is 1. The molecule has 1 unspecified atom stereocenters. The van der Waals surface area contributed by atoms with Gasteiger partial charge in [-0.25, -0.2) is 4.98 Å². The maximum atomic E-state index is 12.4. The highest BCUT2D eigenvalue weighted by Crippen LogP contribution is 2.33. The van der Waals surface area contributed by atoms with Crippen molar-refractivity contribution in [2.75, 3.05) is 0 Å². The van der Waals surface area contributed by atoms with Gasteiger partial charge in [0, 0.05) is 22.9 Å². The van der Waals surface area contributed by atoms with Crippen molar-refractivity contribution in [3.63, 3.8) is 0 Å². The van der Waals surface area contributed by atoms with Gasteiger partial charge < -0.3 is 20.8 Å². The van der Waals surface area contributed by atoms with Gasteiger partial charge in [-0.3, -0.25) is 4.79 Å². The second kappa shape index (κ2) is 8.97. The summed E-state index contributed by atoms with van der Waals surface area (Å²) in [7, 11) is 0. The van der Waals surface area contributed by atoms with Gasteiger partial charge in [-0.15, -0.1) is 0 Å². The first-order valence-corrected chi connectivity index (χ1v) is 10.8. The number of hydrogen-bond donors (Lipinski definition) is 3. The van der Waals surface area contributed by atoms with Crippen molar-refractivity contribution in [2.24, 2.45) is 5.73 Å². The summed E-state index contributed by atoms with van der Waals surface area (Å²) in [4.78, 5) is 19.8. The quantitative estimate of drug-likeness (QED) is 0.511. The third-order valence-electron chi connectivity index (χ3n) is 5.38. The topological polar surface area (TPSA) is 93.0 Å². The zero-order valence-electron chi connectivity index (χ0n) is 16.2. The minimum atomic E-state index is -0.542. The molecule has 0 saturated heterocycles. The molecule has 0 radical (unpaired) electrons. The third kappa shape index (κ3) is 4.79. The molecule has 0 bridgehead atoms. The van der Waals surface area contributed by atoms with Crippen LogP contribution in [-0.2, 0) is 11.2 Å². The summed E-state index contributed by atoms with van der Waals surface area (Å²) in [5, 5.41) is 4.00. The molecule has 1 aliphatic rings. The zero-order valence-corrected chi connectivity index (χ0v) is 17.7. The Morgan fingerprint density at radius 1 is 1.24 bits per heavy atom. The van der Waals surface area contributed by atoms with E-state index >= 15 is 0 Å². The highest BCUT2D eigenvalue weighted by molar-refractivity contribution is 9.10. The number of hydrogen-bond acceptors (Lipinski definition) is 4. The van der Waals surface area contributed by atoms with Gasteiger partial charge in [0.15, 0.2) is 0 Å². The second-order valence-electron chi connectivity index (χ2n) is 7.57. The SMILES string of the molecule is NC(Cc1ccc(Oc2ccnc3[nH]cc(Br)c23)cc1)C(=O)NC1CCCCC1. The Balaban J connectivity index is 1.37. The Kier molecular flexibility index (Phi) is 6.16. The van der Waals surface area contributed by atoms with Crippen LogP contribution in [0.1, 0.15) is 37.7 Å². The molecular weight excluding hydrogens is 432 g/mol. The van der Waals surface area contributed by atoms with Crippen LogP contribution in [0.4, 0.5) is 0 Å². The van der Waals surface area contributed by atoms with Crippen LogP contribution in [-0.4, -0.2) is 28.0 Å². The molecule has 1 atom stereocenters. The summed E-state index contributed by atoms with van der Waals surface area (Å²) in [6, 6.07) is 9.27. The predicted octanol–water partition coefficient (Wildman–Crippen LogP) is 4.44. The Hall–Kier alpha value is -2.38. The molecule has 1 amide bonds. The molecule has 4 rings (SSSR count). The fourth-order valence-corrected chi connectivity index (χ4v) is 4.29. The molecular formula is C22H25BrN4O2. The fraction of sp³-hybridized carbons (Fsp3) is 0.364. The molecule has 6 nitrogen and oxygen atoms in total. The van der Waals surface area contributed by atoms with Crippen LogP contribution in [0, 0.1) is 0 Å². The minimum absolute atomic E-state index is 0.0614. The number of aromatic nitrogens is 2. The maximum absolute atomic E-state index is 12.4. The van der Waals surface area contributed by atoms with Gasteiger partial charge in [-0.2, -0.15) is 0 Å². The standard InChI is InChI=1S/C22H25BrN4O2/c23-17-13-26-21-20(17)19(10-11-25-21)29-16-8-6-14(7-9-16)12-18(24)22(28)27-15-4-2-1-3-5-15/h6-11,13,15,18H,1-5,12,24H2,(H,25,26)(H,27,28). The molecule has 2 aromatic heterocycles. The van der Waals surface area contributed by atoms with E-state index in [2.05, 4.69) is 31.2 Å². The number of pyridine rings is 1. The van der Waals surface area contributed by atoms with Crippen LogP contribution in [0.25, 0.3) is 11.0 Å². The summed E-state index contributed by atoms with van der Waals surface area (Å²) in [6.07, 6.45) is 9.80. The van der Waals surface area contributed by atoms with Crippen molar-refractivity contribution >= 4 is 32.9 Å². The molecule has 4 N–H and O–H groups in total. The Bertz CT molecular complexity index is 980. The van der Waals surface area contributed by atoms with Gasteiger partial charge >= 0.3 is 0 Å². The molecule has 0 aliphatic heterocycles. The number of benzene rings is 1. The van der Waals surface area contributed by atoms with E-state index in [9.17, 15) is 4.79 Å². The summed E-state index contributed by atoms with van der Waals surface area (Å²) in [5.41, 5.74) is 7.91. The highest BCUT2D eigenvalue weighted by atomic mass is 79.9. The molecule has 0 spiro atoms. The number of fused-ring (bicyclic) bond motifs is 1. The van der Waals surface area contributed by atoms with Gasteiger partial charge in [0.25, 0.3) is 0 Å². The number of rotatable bonds is 6. The third-order valence-corrected chi connectivity index (χ3v) is 6.01. The van der Waals surface area contributed by atoms with Crippen LogP contribution < -0.4 is 15.8 Å². The molecule has 29 heavy (non-hydrogen) atoms. The van der Waals surface area contributed by atoms with Crippen molar-refractivity contribution in [3.8, 4) is 11.5 Å². The van der Waals surface area contributed by atoms with Gasteiger partial charge in [-0.05, 0) is 59.0 Å². The van der Waals surface area contributed by atoms with E-state index in [-0.39, 0.29) is 11.9 Å². The molecule has 1 aromatic carbocycles. The lowest BCUT2D eigenvalue weighted by atomic mass is 9.95. The van der Waals surface area contributed by atoms with Crippen molar-refractivity contribution in [1.29, 1.82) is 0 Å². The van der Waals surface area contributed by atoms with E-state index in [1.165, 1.54) is 19.3 Å². The van der Waals surface area contributed by atoms with Crippen molar-refractivity contribution in [1.82, 2.24) is 15.3 Å². The first-order chi connectivity index (χ1) is 14.1. The summed E-state index contributed by atoms with van der Waals surface area (Å²) in [5.74, 6) is 1.38. The average Bonchev–Trinajstić information content (AvgIpc) is 3.12. The molecule has 3 aromatic rings. The Morgan fingerprint density at radius 3 is 2.76 bits per heavy atom. The van der Waals surface area contributed by atoms with Gasteiger partial charge in [0.05, 0.1) is 11.4 Å². The Labute approximate surface area is 178 Å². The molecule has 1 saturated carbocycles. The van der Waals surface area contributed by atoms with Crippen molar-refractivity contribution < 1.29 is 9.53 Å². The minimum Gasteiger partial charge on any atom is -0.457 e. The van der Waals surface area contributed by atoms with Crippen molar-refractivity contribution in [2.45, 2.75) is 50.6 Å². The average molecular weight is 457 g/mol. The van der Waals surface area contributed by atoms with Crippen LogP contribution in [0.15, 0.2) is 47.2 Å². The first-order valence-electron chi connectivity index (χ1n) is 10.0. The molecule has 2 heterocycles. The van der Waals surface area contributed by atoms with E-state index in [1.54, 1.807) is 6.20 Å². The monoisotopic (exact) mass is 456 g/mol. The van der Waals surface area contributed by atoms with Crippen LogP contribution in [0.3, 0.4) is 0 Å². The van der Waals surface area contributed by atoms with Crippen LogP contribution in [0.2, 0.25) is 0 Å². The van der Waals surface area contributed by atoms with E-state index < -0.39 is 6.04 Å². The Morgan fingerprint density at radius 2 is 2.00 bits per heavy atom. The second-order valence-corrected chi connectivity index (χ2v) is 8.42. The first kappa shape index (κ1) is 19.9. The molecule has 152 valence electrons. The van der Waals surface area contributed by atoms with Gasteiger partial charge in [-0.1, -0.05) is 31.4 Å². The smallest absolute Gasteiger partial charge is 0.237 e. The largest absolute Gasteiger partial charge is 0.457 e. The van der Waals surface area contributed by atoms with Gasteiger partial charge in [0.2, 0.25) is 5.91 Å². The fourth-order valence-electron chi connectivity index (χ4n) is 3.80. The molecule has 1 aliphatic carbocycles.